The Morgan fingerprint density at radius 2 is 0.596 bits per heavy atom. The first-order chi connectivity index (χ1) is 53.5. The average Bonchev–Trinajstić information content (AvgIpc) is 1.58. The van der Waals surface area contributed by atoms with Crippen molar-refractivity contribution >= 4 is 113 Å². The topological polar surface area (TPSA) is 515 Å². The molecule has 0 aliphatic carbocycles. The molecule has 114 heavy (non-hydrogen) atoms. The van der Waals surface area contributed by atoms with E-state index in [4.69, 9.17) is 67.9 Å². The number of aryl methyl sites for hydroxylation is 3. The van der Waals surface area contributed by atoms with Gasteiger partial charge in [0.05, 0.1) is 12.1 Å². The number of ketones is 2. The van der Waals surface area contributed by atoms with Gasteiger partial charge in [0.1, 0.15) is 40.4 Å². The Hall–Kier alpha value is -12.7. The molecule has 0 radical (unpaired) electrons. The van der Waals surface area contributed by atoms with Gasteiger partial charge in [-0.1, -0.05) is 173 Å². The number of aromatic nitrogens is 3. The molecule has 3 heterocycles. The van der Waals surface area contributed by atoms with E-state index in [1.54, 1.807) is 24.3 Å². The zero-order valence-electron chi connectivity index (χ0n) is 61.4. The first-order valence-corrected chi connectivity index (χ1v) is 35.9. The summed E-state index contributed by atoms with van der Waals surface area (Å²) in [6.07, 6.45) is -2.73. The summed E-state index contributed by atoms with van der Waals surface area (Å²) >= 11 is 6.07. The third-order valence-corrected chi connectivity index (χ3v) is 17.8. The lowest BCUT2D eigenvalue weighted by Gasteiger charge is -2.19. The highest BCUT2D eigenvalue weighted by Crippen LogP contribution is 2.30. The van der Waals surface area contributed by atoms with Gasteiger partial charge in [0, 0.05) is 135 Å². The molecule has 0 aliphatic rings. The largest absolute Gasteiger partial charge is 0.481 e. The minimum atomic E-state index is -1.17. The van der Waals surface area contributed by atoms with Gasteiger partial charge in [0.25, 0.3) is 0 Å². The van der Waals surface area contributed by atoms with E-state index < -0.39 is 126 Å². The quantitative estimate of drug-likeness (QED) is 0.0169. The Morgan fingerprint density at radius 3 is 0.895 bits per heavy atom. The number of amides is 6. The van der Waals surface area contributed by atoms with E-state index in [0.717, 1.165) is 50.1 Å². The molecule has 33 heteroatoms. The molecule has 9 aromatic rings. The normalized spacial score (nSPS) is 11.9. The molecule has 602 valence electrons. The van der Waals surface area contributed by atoms with Crippen molar-refractivity contribution in [3.05, 3.63) is 198 Å². The van der Waals surface area contributed by atoms with E-state index in [0.29, 0.717) is 39.4 Å². The van der Waals surface area contributed by atoms with Crippen molar-refractivity contribution in [1.29, 1.82) is 0 Å². The first kappa shape index (κ1) is 91.9. The van der Waals surface area contributed by atoms with Crippen LogP contribution < -0.4 is 33.2 Å². The number of rotatable bonds is 42. The lowest BCUT2D eigenvalue weighted by atomic mass is 9.92. The van der Waals surface area contributed by atoms with E-state index in [-0.39, 0.29) is 121 Å². The fourth-order valence-electron chi connectivity index (χ4n) is 11.4. The molecule has 6 aromatic carbocycles. The van der Waals surface area contributed by atoms with Crippen molar-refractivity contribution in [2.24, 2.45) is 29.0 Å². The number of nitrogens with one attached hydrogen (secondary N) is 3. The highest BCUT2D eigenvalue weighted by atomic mass is 35.5. The summed E-state index contributed by atoms with van der Waals surface area (Å²) < 4.78 is 16.0. The third-order valence-electron chi connectivity index (χ3n) is 17.6. The van der Waals surface area contributed by atoms with Gasteiger partial charge in [-0.2, -0.15) is 0 Å². The van der Waals surface area contributed by atoms with Crippen LogP contribution in [0.4, 0.5) is 0 Å². The highest BCUT2D eigenvalue weighted by Gasteiger charge is 2.30. The number of halogens is 3. The lowest BCUT2D eigenvalue weighted by Crippen LogP contribution is -2.44. The predicted molar refractivity (Wildman–Crippen MR) is 421 cm³/mol. The van der Waals surface area contributed by atoms with Crippen molar-refractivity contribution in [2.75, 3.05) is 0 Å². The van der Waals surface area contributed by atoms with Gasteiger partial charge in [-0.15, -0.1) is 24.8 Å². The third kappa shape index (κ3) is 31.6. The molecule has 3 aromatic heterocycles. The average molecular weight is 1630 g/mol. The van der Waals surface area contributed by atoms with Crippen LogP contribution in [-0.4, -0.2) is 136 Å². The number of carboxylic acid groups (broad SMARTS) is 5. The molecule has 0 fully saturated rings. The summed E-state index contributed by atoms with van der Waals surface area (Å²) in [5, 5.41) is 64.8. The van der Waals surface area contributed by atoms with Crippen molar-refractivity contribution < 1.29 is 101 Å². The van der Waals surface area contributed by atoms with E-state index in [1.165, 1.54) is 0 Å². The van der Waals surface area contributed by atoms with Crippen molar-refractivity contribution in [3.8, 4) is 67.2 Å². The number of carboxylic acids is 5. The van der Waals surface area contributed by atoms with E-state index >= 15 is 0 Å². The maximum atomic E-state index is 12.8. The number of Topliss-reactive ketones (excluding diaryl/α,β-unsaturated/α-hetero) is 2. The van der Waals surface area contributed by atoms with E-state index in [9.17, 15) is 62.3 Å². The van der Waals surface area contributed by atoms with Crippen LogP contribution >= 0.6 is 36.4 Å². The van der Waals surface area contributed by atoms with Crippen LogP contribution in [0.3, 0.4) is 0 Å². The van der Waals surface area contributed by atoms with Gasteiger partial charge in [-0.25, -0.2) is 0 Å². The van der Waals surface area contributed by atoms with Gasteiger partial charge in [-0.3, -0.25) is 62.3 Å². The van der Waals surface area contributed by atoms with Crippen LogP contribution in [0.25, 0.3) is 67.2 Å². The molecule has 14 N–H and O–H groups in total. The van der Waals surface area contributed by atoms with Crippen LogP contribution in [0.2, 0.25) is 5.02 Å². The van der Waals surface area contributed by atoms with E-state index in [1.807, 2.05) is 152 Å². The SMILES string of the molecule is Cl.Cl.NC(=O)[C@@H](CCC(=O)O)CC(=O)[C@H](CCC(=O)O)NC(=O)CCc1cc(-c2ccc(-c3cccc(Cl)c3)cc2)no1.NC(=O)[C@H](CCC(=O)O)CC(=O)[C@H](CCC(=O)O)NC(=O)CCc1cc(-c2ccc(-c3ccccc3)cc2)no1.NC(=O)[C@H](CCC(=O)O)NC(=O)CCc1cc(-c2ccc(-c3ccccc3)cc2)no1. The summed E-state index contributed by atoms with van der Waals surface area (Å²) in [6.45, 7) is 0. The second-order valence-corrected chi connectivity index (χ2v) is 26.4. The van der Waals surface area contributed by atoms with Gasteiger partial charge in [-0.05, 0) is 77.6 Å². The maximum absolute atomic E-state index is 12.8. The van der Waals surface area contributed by atoms with Crippen molar-refractivity contribution in [2.45, 2.75) is 134 Å². The molecule has 9 rings (SSSR count). The monoisotopic (exact) mass is 1630 g/mol. The summed E-state index contributed by atoms with van der Waals surface area (Å²) in [5.74, 6) is -11.5. The number of nitrogens with two attached hydrogens (primary N) is 3. The molecular weight excluding hydrogens is 1540 g/mol. The minimum absolute atomic E-state index is 0. The number of hydrogen-bond donors (Lipinski definition) is 11. The summed E-state index contributed by atoms with van der Waals surface area (Å²) in [4.78, 5) is 152. The summed E-state index contributed by atoms with van der Waals surface area (Å²) in [5.41, 5.74) is 26.5. The molecular formula is C81H86Cl3N9O21. The molecule has 30 nitrogen and oxygen atoms in total. The maximum Gasteiger partial charge on any atom is 0.303 e. The number of aliphatic carboxylic acids is 5. The van der Waals surface area contributed by atoms with Gasteiger partial charge >= 0.3 is 29.8 Å². The second-order valence-electron chi connectivity index (χ2n) is 26.0. The van der Waals surface area contributed by atoms with Crippen LogP contribution in [0, 0.1) is 11.8 Å². The predicted octanol–water partition coefficient (Wildman–Crippen LogP) is 10.7. The molecule has 0 saturated carbocycles. The Labute approximate surface area is 670 Å². The minimum Gasteiger partial charge on any atom is -0.481 e. The second kappa shape index (κ2) is 46.9. The number of hydrogen-bond acceptors (Lipinski definition) is 19. The van der Waals surface area contributed by atoms with Crippen LogP contribution in [0.5, 0.6) is 0 Å². The van der Waals surface area contributed by atoms with Crippen LogP contribution in [0.15, 0.2) is 189 Å². The summed E-state index contributed by atoms with van der Waals surface area (Å²) in [7, 11) is 0. The van der Waals surface area contributed by atoms with Crippen LogP contribution in [0.1, 0.15) is 114 Å². The smallest absolute Gasteiger partial charge is 0.303 e. The zero-order valence-corrected chi connectivity index (χ0v) is 63.8. The molecule has 0 bridgehead atoms. The molecule has 0 saturated heterocycles. The first-order valence-electron chi connectivity index (χ1n) is 35.5. The standard InChI is InChI=1S/C29H30ClN3O8.C29H31N3O8.C23H23N3O5.2ClH/c30-21-3-1-2-19(14-21)17-4-6-18(7-5-17)24-16-22(41-33-24)9-11-26(35)32-23(10-13-28(38)39)25(34)15-20(29(31)40)8-12-27(36)37;30-29(39)21(10-14-27(35)36)16-25(33)23(12-15-28(37)38)31-26(34)13-11-22-17-24(32-40-22)20-8-6-19(7-9-20)18-4-2-1-3-5-18;24-23(30)19(11-13-22(28)29)25-21(27)12-10-18-14-20(26-31-18)17-8-6-16(7-9-17)15-4-2-1-3-5-15;;/h1-7,14,16,20,23H,8-13,15H2,(H2,31,40)(H,32,35)(H,36,37)(H,38,39);1-9,17,21,23H,10-16H2,(H2,30,39)(H,31,34)(H,35,36)(H,37,38);1-9,14,19H,10-13H2,(H2,24,30)(H,25,27)(H,28,29);2*1H/t20-,23-;21-,23+;19-;;/m010../s1. The number of carbonyl (C=O) groups is 13. The Bertz CT molecular complexity index is 4730. The molecule has 5 atom stereocenters. The Morgan fingerprint density at radius 1 is 0.325 bits per heavy atom. The molecule has 0 aliphatic heterocycles. The zero-order chi connectivity index (χ0) is 81.2. The van der Waals surface area contributed by atoms with Gasteiger partial charge < -0.3 is 72.3 Å². The molecule has 6 amide bonds. The van der Waals surface area contributed by atoms with Gasteiger partial charge in [0.15, 0.2) is 11.6 Å². The van der Waals surface area contributed by atoms with Crippen molar-refractivity contribution in [1.82, 2.24) is 31.4 Å². The lowest BCUT2D eigenvalue weighted by molar-refractivity contribution is -0.139. The Balaban J connectivity index is 0.000000306. The number of primary amides is 3. The van der Waals surface area contributed by atoms with Crippen LogP contribution in [-0.2, 0) is 81.6 Å². The van der Waals surface area contributed by atoms with Crippen molar-refractivity contribution in [3.63, 3.8) is 0 Å². The highest BCUT2D eigenvalue weighted by molar-refractivity contribution is 6.30. The Kier molecular flexibility index (Phi) is 37.8. The number of carbonyl (C=O) groups excluding carboxylic acids is 8. The number of nitrogens with zero attached hydrogens (tertiary/aromatic N) is 3. The van der Waals surface area contributed by atoms with E-state index in [2.05, 4.69) is 31.4 Å². The fourth-order valence-corrected chi connectivity index (χ4v) is 11.6. The molecule has 0 unspecified atom stereocenters. The van der Waals surface area contributed by atoms with Gasteiger partial charge in [0.2, 0.25) is 35.4 Å². The number of benzene rings is 6. The summed E-state index contributed by atoms with van der Waals surface area (Å²) in [6, 6.07) is 52.6. The molecule has 0 spiro atoms. The fraction of sp³-hybridized carbons (Fsp3) is 0.284.